The van der Waals surface area contributed by atoms with Crippen molar-refractivity contribution in [1.29, 1.82) is 0 Å². The Morgan fingerprint density at radius 1 is 1.28 bits per heavy atom. The van der Waals surface area contributed by atoms with E-state index < -0.39 is 0 Å². The molecule has 0 radical (unpaired) electrons. The second-order valence-electron chi connectivity index (χ2n) is 6.51. The Hall–Kier alpha value is -1.86. The number of hydrogen-bond acceptors (Lipinski definition) is 5. The lowest BCUT2D eigenvalue weighted by atomic mass is 10.2. The van der Waals surface area contributed by atoms with Crippen LogP contribution in [0.3, 0.4) is 0 Å². The van der Waals surface area contributed by atoms with Crippen LogP contribution in [0.5, 0.6) is 5.88 Å². The zero-order chi connectivity index (χ0) is 17.5. The molecule has 3 heterocycles. The first-order valence-electron chi connectivity index (χ1n) is 9.00. The maximum absolute atomic E-state index is 12.7. The Labute approximate surface area is 148 Å². The first kappa shape index (κ1) is 17.9. The van der Waals surface area contributed by atoms with Crippen LogP contribution in [0.2, 0.25) is 0 Å². The monoisotopic (exact) mass is 349 g/mol. The Morgan fingerprint density at radius 3 is 2.52 bits per heavy atom. The van der Waals surface area contributed by atoms with E-state index in [4.69, 9.17) is 14.2 Å². The highest BCUT2D eigenvalue weighted by atomic mass is 16.5. The number of amides is 2. The van der Waals surface area contributed by atoms with Gasteiger partial charge >= 0.3 is 6.03 Å². The molecule has 0 unspecified atom stereocenters. The molecule has 138 valence electrons. The molecule has 0 aliphatic carbocycles. The van der Waals surface area contributed by atoms with Gasteiger partial charge in [-0.2, -0.15) is 0 Å². The summed E-state index contributed by atoms with van der Waals surface area (Å²) in [6, 6.07) is 3.63. The molecule has 3 rings (SSSR count). The van der Waals surface area contributed by atoms with Gasteiger partial charge in [0.1, 0.15) is 0 Å². The lowest BCUT2D eigenvalue weighted by molar-refractivity contribution is 0.0498. The fourth-order valence-corrected chi connectivity index (χ4v) is 3.33. The second kappa shape index (κ2) is 9.01. The fraction of sp³-hybridized carbons (Fsp3) is 0.667. The van der Waals surface area contributed by atoms with Gasteiger partial charge in [0.2, 0.25) is 5.88 Å². The summed E-state index contributed by atoms with van der Waals surface area (Å²) in [6.45, 7) is 3.16. The van der Waals surface area contributed by atoms with Crippen LogP contribution in [0, 0.1) is 0 Å². The molecule has 1 N–H and O–H groups in total. The van der Waals surface area contributed by atoms with Crippen molar-refractivity contribution in [2.24, 2.45) is 0 Å². The minimum atomic E-state index is -0.100. The van der Waals surface area contributed by atoms with E-state index in [1.54, 1.807) is 13.3 Å². The Bertz CT molecular complexity index is 539. The molecule has 0 saturated carbocycles. The van der Waals surface area contributed by atoms with Gasteiger partial charge in [0.15, 0.2) is 0 Å². The number of carbonyl (C=O) groups excluding carboxylic acids is 1. The van der Waals surface area contributed by atoms with Gasteiger partial charge in [-0.15, -0.1) is 0 Å². The molecular weight excluding hydrogens is 322 g/mol. The van der Waals surface area contributed by atoms with Gasteiger partial charge < -0.3 is 24.4 Å². The minimum Gasteiger partial charge on any atom is -0.481 e. The van der Waals surface area contributed by atoms with Crippen LogP contribution in [0.4, 0.5) is 4.79 Å². The molecule has 2 aliphatic heterocycles. The van der Waals surface area contributed by atoms with Crippen LogP contribution in [-0.2, 0) is 16.0 Å². The molecule has 2 saturated heterocycles. The standard InChI is InChI=1S/C18H27N3O4/c1-23-17-14(5-2-8-19-17)11-20-18(22)21(12-15-6-3-9-24-15)13-16-7-4-10-25-16/h2,5,8,15-16H,3-4,6-7,9-13H2,1H3,(H,20,22)/t15-,16-/m1/s1. The Morgan fingerprint density at radius 2 is 1.96 bits per heavy atom. The SMILES string of the molecule is COc1ncccc1CNC(=O)N(C[C@H]1CCCO1)C[C@H]1CCCO1. The molecule has 25 heavy (non-hydrogen) atoms. The van der Waals surface area contributed by atoms with Gasteiger partial charge in [0, 0.05) is 44.6 Å². The van der Waals surface area contributed by atoms with Crippen LogP contribution in [-0.4, -0.2) is 61.5 Å². The summed E-state index contributed by atoms with van der Waals surface area (Å²) in [7, 11) is 1.58. The molecule has 0 aromatic carbocycles. The van der Waals surface area contributed by atoms with Crippen molar-refractivity contribution < 1.29 is 19.0 Å². The van der Waals surface area contributed by atoms with Crippen molar-refractivity contribution in [1.82, 2.24) is 15.2 Å². The summed E-state index contributed by atoms with van der Waals surface area (Å²) >= 11 is 0. The maximum atomic E-state index is 12.7. The van der Waals surface area contributed by atoms with Crippen molar-refractivity contribution in [3.63, 3.8) is 0 Å². The number of nitrogens with zero attached hydrogens (tertiary/aromatic N) is 2. The fourth-order valence-electron chi connectivity index (χ4n) is 3.33. The molecule has 2 atom stereocenters. The number of ether oxygens (including phenoxy) is 3. The van der Waals surface area contributed by atoms with E-state index in [1.165, 1.54) is 0 Å². The molecule has 2 fully saturated rings. The number of carbonyl (C=O) groups is 1. The van der Waals surface area contributed by atoms with Gasteiger partial charge in [0.25, 0.3) is 0 Å². The molecule has 2 amide bonds. The Kier molecular flexibility index (Phi) is 6.47. The Balaban J connectivity index is 1.58. The predicted molar refractivity (Wildman–Crippen MR) is 92.5 cm³/mol. The number of hydrogen-bond donors (Lipinski definition) is 1. The number of nitrogens with one attached hydrogen (secondary N) is 1. The van der Waals surface area contributed by atoms with Crippen LogP contribution >= 0.6 is 0 Å². The average molecular weight is 349 g/mol. The molecule has 0 bridgehead atoms. The van der Waals surface area contributed by atoms with Crippen LogP contribution in [0.1, 0.15) is 31.2 Å². The molecule has 2 aliphatic rings. The normalized spacial score (nSPS) is 22.8. The van der Waals surface area contributed by atoms with Crippen molar-refractivity contribution in [2.75, 3.05) is 33.4 Å². The third kappa shape index (κ3) is 5.06. The van der Waals surface area contributed by atoms with Gasteiger partial charge in [-0.3, -0.25) is 0 Å². The summed E-state index contributed by atoms with van der Waals surface area (Å²) in [5, 5.41) is 2.98. The number of rotatable bonds is 7. The molecule has 7 nitrogen and oxygen atoms in total. The van der Waals surface area contributed by atoms with Crippen LogP contribution < -0.4 is 10.1 Å². The van der Waals surface area contributed by atoms with Gasteiger partial charge in [-0.05, 0) is 31.7 Å². The van der Waals surface area contributed by atoms with Gasteiger partial charge in [-0.25, -0.2) is 9.78 Å². The minimum absolute atomic E-state index is 0.100. The highest BCUT2D eigenvalue weighted by molar-refractivity contribution is 5.74. The average Bonchev–Trinajstić information content (AvgIpc) is 3.33. The van der Waals surface area contributed by atoms with Crippen molar-refractivity contribution in [3.8, 4) is 5.88 Å². The number of urea groups is 1. The largest absolute Gasteiger partial charge is 0.481 e. The van der Waals surface area contributed by atoms with Gasteiger partial charge in [-0.1, -0.05) is 6.07 Å². The lowest BCUT2D eigenvalue weighted by Crippen LogP contribution is -2.46. The molecular formula is C18H27N3O4. The van der Waals surface area contributed by atoms with Crippen molar-refractivity contribution in [2.45, 2.75) is 44.4 Å². The van der Waals surface area contributed by atoms with E-state index in [1.807, 2.05) is 17.0 Å². The first-order chi connectivity index (χ1) is 12.3. The smallest absolute Gasteiger partial charge is 0.317 e. The summed E-state index contributed by atoms with van der Waals surface area (Å²) in [6.07, 6.45) is 6.06. The third-order valence-electron chi connectivity index (χ3n) is 4.66. The van der Waals surface area contributed by atoms with Crippen molar-refractivity contribution >= 4 is 6.03 Å². The predicted octanol–water partition coefficient (Wildman–Crippen LogP) is 1.96. The maximum Gasteiger partial charge on any atom is 0.317 e. The van der Waals surface area contributed by atoms with Crippen LogP contribution in [0.25, 0.3) is 0 Å². The number of methoxy groups -OCH3 is 1. The van der Waals surface area contributed by atoms with Crippen LogP contribution in [0.15, 0.2) is 18.3 Å². The zero-order valence-electron chi connectivity index (χ0n) is 14.8. The topological polar surface area (TPSA) is 72.9 Å². The van der Waals surface area contributed by atoms with E-state index in [2.05, 4.69) is 10.3 Å². The van der Waals surface area contributed by atoms with E-state index in [9.17, 15) is 4.79 Å². The summed E-state index contributed by atoms with van der Waals surface area (Å²) < 4.78 is 16.6. The number of pyridine rings is 1. The number of aromatic nitrogens is 1. The molecule has 1 aromatic rings. The third-order valence-corrected chi connectivity index (χ3v) is 4.66. The highest BCUT2D eigenvalue weighted by Gasteiger charge is 2.26. The zero-order valence-corrected chi connectivity index (χ0v) is 14.8. The van der Waals surface area contributed by atoms with Gasteiger partial charge in [0.05, 0.1) is 19.3 Å². The quantitative estimate of drug-likeness (QED) is 0.815. The van der Waals surface area contributed by atoms with E-state index >= 15 is 0 Å². The lowest BCUT2D eigenvalue weighted by Gasteiger charge is -2.28. The van der Waals surface area contributed by atoms with E-state index in [-0.39, 0.29) is 18.2 Å². The summed E-state index contributed by atoms with van der Waals surface area (Å²) in [5.41, 5.74) is 0.854. The first-order valence-corrected chi connectivity index (χ1v) is 9.00. The highest BCUT2D eigenvalue weighted by Crippen LogP contribution is 2.18. The molecule has 1 aromatic heterocycles. The second-order valence-corrected chi connectivity index (χ2v) is 6.51. The summed E-state index contributed by atoms with van der Waals surface area (Å²) in [4.78, 5) is 18.7. The van der Waals surface area contributed by atoms with E-state index in [0.29, 0.717) is 25.5 Å². The van der Waals surface area contributed by atoms with Crippen molar-refractivity contribution in [3.05, 3.63) is 23.9 Å². The summed E-state index contributed by atoms with van der Waals surface area (Å²) in [5.74, 6) is 0.535. The molecule has 7 heteroatoms. The van der Waals surface area contributed by atoms with E-state index in [0.717, 1.165) is 44.5 Å². The molecule has 0 spiro atoms.